The molecule has 0 radical (unpaired) electrons. The van der Waals surface area contributed by atoms with Crippen molar-refractivity contribution in [3.05, 3.63) is 59.0 Å². The van der Waals surface area contributed by atoms with Gasteiger partial charge >= 0.3 is 0 Å². The largest absolute Gasteiger partial charge is 0.466 e. The Hall–Kier alpha value is -2.05. The molecule has 20 heavy (non-hydrogen) atoms. The molecule has 104 valence electrons. The second kappa shape index (κ2) is 6.40. The van der Waals surface area contributed by atoms with E-state index in [2.05, 4.69) is 36.5 Å². The number of nitrogens with one attached hydrogen (secondary N) is 1. The maximum atomic E-state index is 9.03. The molecule has 1 aromatic carbocycles. The molecule has 0 aliphatic rings. The predicted octanol–water partition coefficient (Wildman–Crippen LogP) is 4.20. The van der Waals surface area contributed by atoms with E-state index >= 15 is 0 Å². The van der Waals surface area contributed by atoms with E-state index in [1.54, 1.807) is 0 Å². The zero-order valence-electron chi connectivity index (χ0n) is 12.2. The number of benzene rings is 1. The third-order valence-corrected chi connectivity index (χ3v) is 3.49. The molecule has 0 spiro atoms. The lowest BCUT2D eigenvalue weighted by atomic mass is 10.0. The van der Waals surface area contributed by atoms with Crippen molar-refractivity contribution < 1.29 is 4.42 Å². The Kier molecular flexibility index (Phi) is 4.60. The zero-order chi connectivity index (χ0) is 14.5. The molecule has 2 unspecified atom stereocenters. The lowest BCUT2D eigenvalue weighted by molar-refractivity contribution is 0.456. The highest BCUT2D eigenvalue weighted by Crippen LogP contribution is 2.25. The Labute approximate surface area is 120 Å². The van der Waals surface area contributed by atoms with Crippen molar-refractivity contribution in [1.82, 2.24) is 5.32 Å². The minimum Gasteiger partial charge on any atom is -0.466 e. The highest BCUT2D eigenvalue weighted by molar-refractivity contribution is 5.25. The summed E-state index contributed by atoms with van der Waals surface area (Å²) >= 11 is 0. The van der Waals surface area contributed by atoms with Crippen LogP contribution in [-0.4, -0.2) is 0 Å². The molecule has 2 rings (SSSR count). The number of nitriles is 1. The van der Waals surface area contributed by atoms with Crippen LogP contribution in [0.4, 0.5) is 0 Å². The molecular weight excluding hydrogens is 248 g/mol. The van der Waals surface area contributed by atoms with Crippen molar-refractivity contribution >= 4 is 0 Å². The number of rotatable bonds is 5. The summed E-state index contributed by atoms with van der Waals surface area (Å²) in [6.45, 7) is 6.03. The standard InChI is InChI=1S/C17H20N2O/c1-12-11-16(14(3)20-12)13(2)19-17(9-10-18)15-7-5-4-6-8-15/h4-8,11,13,17,19H,9H2,1-3H3. The maximum Gasteiger partial charge on any atom is 0.105 e. The predicted molar refractivity (Wildman–Crippen MR) is 79.1 cm³/mol. The smallest absolute Gasteiger partial charge is 0.105 e. The topological polar surface area (TPSA) is 49.0 Å². The number of hydrogen-bond acceptors (Lipinski definition) is 3. The summed E-state index contributed by atoms with van der Waals surface area (Å²) in [5.41, 5.74) is 2.29. The van der Waals surface area contributed by atoms with Gasteiger partial charge in [-0.1, -0.05) is 30.3 Å². The molecule has 1 heterocycles. The van der Waals surface area contributed by atoms with Gasteiger partial charge in [0, 0.05) is 17.6 Å². The number of nitrogens with zero attached hydrogens (tertiary/aromatic N) is 1. The van der Waals surface area contributed by atoms with Crippen LogP contribution >= 0.6 is 0 Å². The first-order valence-corrected chi connectivity index (χ1v) is 6.86. The minimum atomic E-state index is 0.0332. The van der Waals surface area contributed by atoms with Gasteiger partial charge in [-0.3, -0.25) is 0 Å². The third kappa shape index (κ3) is 3.28. The fourth-order valence-electron chi connectivity index (χ4n) is 2.52. The van der Waals surface area contributed by atoms with E-state index in [9.17, 15) is 0 Å². The van der Waals surface area contributed by atoms with Crippen molar-refractivity contribution in [3.8, 4) is 6.07 Å². The van der Waals surface area contributed by atoms with Crippen LogP contribution in [-0.2, 0) is 0 Å². The van der Waals surface area contributed by atoms with Crippen molar-refractivity contribution in [3.63, 3.8) is 0 Å². The van der Waals surface area contributed by atoms with Crippen molar-refractivity contribution in [1.29, 1.82) is 5.26 Å². The Balaban J connectivity index is 2.17. The minimum absolute atomic E-state index is 0.0332. The molecule has 0 fully saturated rings. The van der Waals surface area contributed by atoms with Crippen LogP contribution in [0.1, 0.15) is 48.1 Å². The Bertz CT molecular complexity index is 595. The van der Waals surface area contributed by atoms with Crippen LogP contribution in [0.15, 0.2) is 40.8 Å². The normalized spacial score (nSPS) is 13.7. The van der Waals surface area contributed by atoms with Crippen LogP contribution in [0, 0.1) is 25.2 Å². The van der Waals surface area contributed by atoms with Gasteiger partial charge in [-0.05, 0) is 32.4 Å². The summed E-state index contributed by atoms with van der Waals surface area (Å²) < 4.78 is 5.58. The Morgan fingerprint density at radius 1 is 1.25 bits per heavy atom. The summed E-state index contributed by atoms with van der Waals surface area (Å²) in [4.78, 5) is 0. The zero-order valence-corrected chi connectivity index (χ0v) is 12.2. The molecule has 0 bridgehead atoms. The lowest BCUT2D eigenvalue weighted by Crippen LogP contribution is -2.24. The highest BCUT2D eigenvalue weighted by Gasteiger charge is 2.18. The van der Waals surface area contributed by atoms with Crippen LogP contribution < -0.4 is 5.32 Å². The molecule has 2 atom stereocenters. The number of hydrogen-bond donors (Lipinski definition) is 1. The quantitative estimate of drug-likeness (QED) is 0.884. The van der Waals surface area contributed by atoms with Gasteiger partial charge in [0.1, 0.15) is 11.5 Å². The van der Waals surface area contributed by atoms with Crippen LogP contribution in [0.5, 0.6) is 0 Å². The van der Waals surface area contributed by atoms with Gasteiger partial charge in [0.2, 0.25) is 0 Å². The van der Waals surface area contributed by atoms with Crippen LogP contribution in [0.2, 0.25) is 0 Å². The lowest BCUT2D eigenvalue weighted by Gasteiger charge is -2.21. The monoisotopic (exact) mass is 268 g/mol. The second-order valence-corrected chi connectivity index (χ2v) is 5.08. The van der Waals surface area contributed by atoms with E-state index in [1.165, 1.54) is 0 Å². The number of aryl methyl sites for hydroxylation is 2. The summed E-state index contributed by atoms with van der Waals surface area (Å²) in [6, 6.07) is 14.6. The molecule has 1 aromatic heterocycles. The fraction of sp³-hybridized carbons (Fsp3) is 0.353. The average Bonchev–Trinajstić information content (AvgIpc) is 2.78. The summed E-state index contributed by atoms with van der Waals surface area (Å²) in [7, 11) is 0. The molecule has 2 aromatic rings. The van der Waals surface area contributed by atoms with E-state index in [1.807, 2.05) is 32.0 Å². The van der Waals surface area contributed by atoms with E-state index in [4.69, 9.17) is 9.68 Å². The first kappa shape index (κ1) is 14.4. The van der Waals surface area contributed by atoms with Crippen molar-refractivity contribution in [2.75, 3.05) is 0 Å². The second-order valence-electron chi connectivity index (χ2n) is 5.08. The van der Waals surface area contributed by atoms with E-state index in [0.717, 1.165) is 22.6 Å². The van der Waals surface area contributed by atoms with E-state index in [0.29, 0.717) is 6.42 Å². The van der Waals surface area contributed by atoms with E-state index < -0.39 is 0 Å². The first-order valence-electron chi connectivity index (χ1n) is 6.86. The number of furan rings is 1. The molecule has 1 N–H and O–H groups in total. The SMILES string of the molecule is Cc1cc(C(C)NC(CC#N)c2ccccc2)c(C)o1. The van der Waals surface area contributed by atoms with Gasteiger partial charge in [0.15, 0.2) is 0 Å². The molecule has 3 nitrogen and oxygen atoms in total. The van der Waals surface area contributed by atoms with Gasteiger partial charge in [0.25, 0.3) is 0 Å². The molecule has 3 heteroatoms. The Morgan fingerprint density at radius 2 is 1.95 bits per heavy atom. The van der Waals surface area contributed by atoms with E-state index in [-0.39, 0.29) is 12.1 Å². The van der Waals surface area contributed by atoms with Gasteiger partial charge < -0.3 is 9.73 Å². The van der Waals surface area contributed by atoms with Crippen LogP contribution in [0.25, 0.3) is 0 Å². The molecule has 0 aliphatic heterocycles. The van der Waals surface area contributed by atoms with Crippen molar-refractivity contribution in [2.24, 2.45) is 0 Å². The first-order chi connectivity index (χ1) is 9.61. The molecule has 0 saturated heterocycles. The van der Waals surface area contributed by atoms with Gasteiger partial charge in [-0.2, -0.15) is 5.26 Å². The third-order valence-electron chi connectivity index (χ3n) is 3.49. The van der Waals surface area contributed by atoms with Gasteiger partial charge in [0.05, 0.1) is 12.5 Å². The summed E-state index contributed by atoms with van der Waals surface area (Å²) in [6.07, 6.45) is 0.449. The summed E-state index contributed by atoms with van der Waals surface area (Å²) in [5, 5.41) is 12.6. The molecule has 0 amide bonds. The van der Waals surface area contributed by atoms with Gasteiger partial charge in [-0.25, -0.2) is 0 Å². The molecule has 0 aliphatic carbocycles. The average molecular weight is 268 g/mol. The molecule has 0 saturated carbocycles. The summed E-state index contributed by atoms with van der Waals surface area (Å²) in [5.74, 6) is 1.86. The Morgan fingerprint density at radius 3 is 2.50 bits per heavy atom. The van der Waals surface area contributed by atoms with Gasteiger partial charge in [-0.15, -0.1) is 0 Å². The van der Waals surface area contributed by atoms with Crippen LogP contribution in [0.3, 0.4) is 0 Å². The maximum absolute atomic E-state index is 9.03. The highest BCUT2D eigenvalue weighted by atomic mass is 16.3. The molecular formula is C17H20N2O. The fourth-order valence-corrected chi connectivity index (χ4v) is 2.52. The van der Waals surface area contributed by atoms with Crippen molar-refractivity contribution in [2.45, 2.75) is 39.3 Å².